The van der Waals surface area contributed by atoms with Crippen LogP contribution >= 0.6 is 0 Å². The Morgan fingerprint density at radius 2 is 2.05 bits per heavy atom. The smallest absolute Gasteiger partial charge is 0.429 e. The minimum absolute atomic E-state index is 0.0344. The summed E-state index contributed by atoms with van der Waals surface area (Å²) in [5.74, 6) is -0.636. The number of carbonyl (C=O) groups is 2. The normalized spacial score (nSPS) is 21.4. The SMILES string of the molecule is COC1CN[C@H](C(=O)OC(=O)OCc2ccccc2)C1. The van der Waals surface area contributed by atoms with Crippen LogP contribution in [0.25, 0.3) is 0 Å². The third-order valence-electron chi connectivity index (χ3n) is 3.09. The summed E-state index contributed by atoms with van der Waals surface area (Å²) in [5.41, 5.74) is 0.829. The summed E-state index contributed by atoms with van der Waals surface area (Å²) in [4.78, 5) is 23.1. The first-order chi connectivity index (χ1) is 9.69. The van der Waals surface area contributed by atoms with E-state index in [9.17, 15) is 9.59 Å². The number of rotatable bonds is 4. The van der Waals surface area contributed by atoms with Gasteiger partial charge in [0.1, 0.15) is 12.6 Å². The zero-order valence-electron chi connectivity index (χ0n) is 11.2. The van der Waals surface area contributed by atoms with Gasteiger partial charge in [0, 0.05) is 20.1 Å². The maximum atomic E-state index is 11.7. The highest BCUT2D eigenvalue weighted by Crippen LogP contribution is 2.11. The summed E-state index contributed by atoms with van der Waals surface area (Å²) in [6.07, 6.45) is -0.532. The van der Waals surface area contributed by atoms with Crippen LogP contribution in [0.2, 0.25) is 0 Å². The Hall–Kier alpha value is -1.92. The molecule has 1 aromatic rings. The Labute approximate surface area is 117 Å². The highest BCUT2D eigenvalue weighted by molar-refractivity contribution is 5.85. The van der Waals surface area contributed by atoms with E-state index in [1.54, 1.807) is 7.11 Å². The van der Waals surface area contributed by atoms with Gasteiger partial charge in [-0.25, -0.2) is 9.59 Å². The lowest BCUT2D eigenvalue weighted by Gasteiger charge is -2.09. The largest absolute Gasteiger partial charge is 0.516 e. The van der Waals surface area contributed by atoms with E-state index in [1.807, 2.05) is 30.3 Å². The van der Waals surface area contributed by atoms with E-state index in [4.69, 9.17) is 9.47 Å². The Morgan fingerprint density at radius 3 is 2.70 bits per heavy atom. The van der Waals surface area contributed by atoms with Gasteiger partial charge in [0.15, 0.2) is 0 Å². The summed E-state index contributed by atoms with van der Waals surface area (Å²) in [7, 11) is 1.58. The van der Waals surface area contributed by atoms with Crippen molar-refractivity contribution in [2.45, 2.75) is 25.2 Å². The molecule has 1 N–H and O–H groups in total. The summed E-state index contributed by atoms with van der Waals surface area (Å²) in [6.45, 7) is 0.640. The van der Waals surface area contributed by atoms with Crippen LogP contribution in [0.4, 0.5) is 4.79 Å². The van der Waals surface area contributed by atoms with Crippen LogP contribution in [0.15, 0.2) is 30.3 Å². The molecule has 0 amide bonds. The van der Waals surface area contributed by atoms with Gasteiger partial charge in [-0.2, -0.15) is 0 Å². The first-order valence-corrected chi connectivity index (χ1v) is 6.37. The number of nitrogens with one attached hydrogen (secondary N) is 1. The second-order valence-electron chi connectivity index (χ2n) is 4.50. The molecule has 108 valence electrons. The number of benzene rings is 1. The van der Waals surface area contributed by atoms with E-state index in [-0.39, 0.29) is 12.7 Å². The lowest BCUT2D eigenvalue weighted by Crippen LogP contribution is -2.33. The zero-order valence-corrected chi connectivity index (χ0v) is 11.2. The monoisotopic (exact) mass is 279 g/mol. The molecule has 6 nitrogen and oxygen atoms in total. The molecule has 0 saturated carbocycles. The van der Waals surface area contributed by atoms with Crippen molar-refractivity contribution in [1.29, 1.82) is 0 Å². The van der Waals surface area contributed by atoms with Crippen LogP contribution in [0, 0.1) is 0 Å². The fourth-order valence-corrected chi connectivity index (χ4v) is 1.96. The van der Waals surface area contributed by atoms with Crippen molar-refractivity contribution < 1.29 is 23.8 Å². The van der Waals surface area contributed by atoms with E-state index >= 15 is 0 Å². The number of carbonyl (C=O) groups excluding carboxylic acids is 2. The minimum atomic E-state index is -0.985. The molecule has 1 unspecified atom stereocenters. The number of hydrogen-bond donors (Lipinski definition) is 1. The Bertz CT molecular complexity index is 462. The zero-order chi connectivity index (χ0) is 14.4. The molecule has 6 heteroatoms. The highest BCUT2D eigenvalue weighted by Gasteiger charge is 2.32. The number of hydrogen-bond acceptors (Lipinski definition) is 6. The average molecular weight is 279 g/mol. The Balaban J connectivity index is 1.73. The highest BCUT2D eigenvalue weighted by atomic mass is 16.7. The molecule has 1 aliphatic rings. The lowest BCUT2D eigenvalue weighted by atomic mass is 10.2. The molecule has 1 aliphatic heterocycles. The molecule has 1 saturated heterocycles. The predicted octanol–water partition coefficient (Wildman–Crippen LogP) is 1.24. The van der Waals surface area contributed by atoms with Gasteiger partial charge >= 0.3 is 12.1 Å². The van der Waals surface area contributed by atoms with E-state index < -0.39 is 18.2 Å². The van der Waals surface area contributed by atoms with Crippen molar-refractivity contribution in [3.63, 3.8) is 0 Å². The van der Waals surface area contributed by atoms with Gasteiger partial charge in [-0.05, 0) is 5.56 Å². The van der Waals surface area contributed by atoms with E-state index in [0.717, 1.165) is 5.56 Å². The second-order valence-corrected chi connectivity index (χ2v) is 4.50. The minimum Gasteiger partial charge on any atom is -0.429 e. The van der Waals surface area contributed by atoms with Crippen molar-refractivity contribution in [3.05, 3.63) is 35.9 Å². The summed E-state index contributed by atoms with van der Waals surface area (Å²) >= 11 is 0. The fraction of sp³-hybridized carbons (Fsp3) is 0.429. The molecule has 1 aromatic carbocycles. The van der Waals surface area contributed by atoms with Crippen molar-refractivity contribution in [2.75, 3.05) is 13.7 Å². The summed E-state index contributed by atoms with van der Waals surface area (Å²) in [6, 6.07) is 8.64. The Morgan fingerprint density at radius 1 is 1.30 bits per heavy atom. The first kappa shape index (κ1) is 14.5. The molecule has 0 aromatic heterocycles. The number of methoxy groups -OCH3 is 1. The van der Waals surface area contributed by atoms with Gasteiger partial charge in [0.05, 0.1) is 6.10 Å². The first-order valence-electron chi connectivity index (χ1n) is 6.37. The molecule has 2 atom stereocenters. The standard InChI is InChI=1S/C14H17NO5/c1-18-11-7-12(15-8-11)13(16)20-14(17)19-9-10-5-3-2-4-6-10/h2-6,11-12,15H,7-9H2,1H3/t11?,12-/m0/s1. The Kier molecular flexibility index (Phi) is 5.09. The van der Waals surface area contributed by atoms with Gasteiger partial charge in [-0.1, -0.05) is 30.3 Å². The third-order valence-corrected chi connectivity index (χ3v) is 3.09. The van der Waals surface area contributed by atoms with Gasteiger partial charge < -0.3 is 19.5 Å². The van der Waals surface area contributed by atoms with Gasteiger partial charge in [-0.3, -0.25) is 0 Å². The fourth-order valence-electron chi connectivity index (χ4n) is 1.96. The van der Waals surface area contributed by atoms with Crippen LogP contribution in [0.3, 0.4) is 0 Å². The van der Waals surface area contributed by atoms with E-state index in [0.29, 0.717) is 13.0 Å². The van der Waals surface area contributed by atoms with Crippen LogP contribution in [-0.2, 0) is 25.6 Å². The molecule has 0 radical (unpaired) electrons. The summed E-state index contributed by atoms with van der Waals surface area (Å²) < 4.78 is 14.6. The van der Waals surface area contributed by atoms with Gasteiger partial charge in [0.25, 0.3) is 0 Å². The molecule has 1 fully saturated rings. The van der Waals surface area contributed by atoms with Crippen molar-refractivity contribution in [2.24, 2.45) is 0 Å². The van der Waals surface area contributed by atoms with Crippen LogP contribution in [0.1, 0.15) is 12.0 Å². The van der Waals surface area contributed by atoms with E-state index in [2.05, 4.69) is 10.1 Å². The molecule has 0 spiro atoms. The quantitative estimate of drug-likeness (QED) is 0.660. The van der Waals surface area contributed by atoms with Gasteiger partial charge in [-0.15, -0.1) is 0 Å². The molecule has 2 rings (SSSR count). The molecular weight excluding hydrogens is 262 g/mol. The predicted molar refractivity (Wildman–Crippen MR) is 69.9 cm³/mol. The van der Waals surface area contributed by atoms with Crippen LogP contribution < -0.4 is 5.32 Å². The van der Waals surface area contributed by atoms with Crippen molar-refractivity contribution in [1.82, 2.24) is 5.32 Å². The summed E-state index contributed by atoms with van der Waals surface area (Å²) in [5, 5.41) is 2.93. The molecule has 0 bridgehead atoms. The lowest BCUT2D eigenvalue weighted by molar-refractivity contribution is -0.142. The topological polar surface area (TPSA) is 73.9 Å². The van der Waals surface area contributed by atoms with E-state index in [1.165, 1.54) is 0 Å². The van der Waals surface area contributed by atoms with Crippen LogP contribution in [0.5, 0.6) is 0 Å². The molecule has 0 aliphatic carbocycles. The van der Waals surface area contributed by atoms with Crippen molar-refractivity contribution >= 4 is 12.1 Å². The third kappa shape index (κ3) is 4.04. The number of esters is 1. The molecular formula is C14H17NO5. The van der Waals surface area contributed by atoms with Gasteiger partial charge in [0.2, 0.25) is 0 Å². The van der Waals surface area contributed by atoms with Crippen LogP contribution in [-0.4, -0.2) is 37.9 Å². The second kappa shape index (κ2) is 7.02. The number of ether oxygens (including phenoxy) is 3. The maximum Gasteiger partial charge on any atom is 0.516 e. The van der Waals surface area contributed by atoms with Crippen molar-refractivity contribution in [3.8, 4) is 0 Å². The molecule has 1 heterocycles. The molecule has 20 heavy (non-hydrogen) atoms. The maximum absolute atomic E-state index is 11.7. The average Bonchev–Trinajstić information content (AvgIpc) is 2.95.